The molecule has 2 rings (SSSR count). The van der Waals surface area contributed by atoms with Gasteiger partial charge in [0, 0.05) is 25.8 Å². The summed E-state index contributed by atoms with van der Waals surface area (Å²) in [4.78, 5) is 19.1. The average molecular weight is 207 g/mol. The molecule has 1 aromatic rings. The summed E-state index contributed by atoms with van der Waals surface area (Å²) in [6, 6.07) is 3.69. The molecular formula is C11H17N3O. The van der Waals surface area contributed by atoms with Crippen molar-refractivity contribution in [3.05, 3.63) is 24.0 Å². The van der Waals surface area contributed by atoms with E-state index >= 15 is 0 Å². The zero-order chi connectivity index (χ0) is 10.7. The molecule has 1 aliphatic heterocycles. The fourth-order valence-corrected chi connectivity index (χ4v) is 1.88. The van der Waals surface area contributed by atoms with Gasteiger partial charge in [0.2, 0.25) is 0 Å². The third-order valence-corrected chi connectivity index (χ3v) is 2.84. The number of aromatic amines is 1. The smallest absolute Gasteiger partial charge is 0.270 e. The maximum absolute atomic E-state index is 12.0. The fourth-order valence-electron chi connectivity index (χ4n) is 1.88. The summed E-state index contributed by atoms with van der Waals surface area (Å²) < 4.78 is 0. The molecule has 0 aromatic carbocycles. The van der Waals surface area contributed by atoms with Crippen molar-refractivity contribution in [2.24, 2.45) is 0 Å². The number of hydrogen-bond acceptors (Lipinski definition) is 2. The van der Waals surface area contributed by atoms with E-state index in [1.807, 2.05) is 17.0 Å². The van der Waals surface area contributed by atoms with E-state index in [1.165, 1.54) is 0 Å². The number of nitrogens with zero attached hydrogens (tertiary/aromatic N) is 2. The van der Waals surface area contributed by atoms with Crippen LogP contribution in [0.4, 0.5) is 0 Å². The van der Waals surface area contributed by atoms with Crippen molar-refractivity contribution in [3.63, 3.8) is 0 Å². The Balaban J connectivity index is 2.01. The van der Waals surface area contributed by atoms with Crippen LogP contribution in [0.3, 0.4) is 0 Å². The van der Waals surface area contributed by atoms with Gasteiger partial charge in [-0.2, -0.15) is 0 Å². The molecule has 0 bridgehead atoms. The first-order chi connectivity index (χ1) is 7.27. The first-order valence-electron chi connectivity index (χ1n) is 5.38. The molecule has 1 fully saturated rings. The summed E-state index contributed by atoms with van der Waals surface area (Å²) in [5, 5.41) is 0. The number of hydrogen-bond donors (Lipinski definition) is 1. The molecule has 0 radical (unpaired) electrons. The highest BCUT2D eigenvalue weighted by Crippen LogP contribution is 2.06. The van der Waals surface area contributed by atoms with Crippen molar-refractivity contribution in [1.29, 1.82) is 0 Å². The molecule has 4 nitrogen and oxygen atoms in total. The SMILES string of the molecule is CN1CCCN(C(=O)c2ccc[nH]2)CC1. The Morgan fingerprint density at radius 3 is 2.93 bits per heavy atom. The van der Waals surface area contributed by atoms with Gasteiger partial charge in [-0.1, -0.05) is 0 Å². The van der Waals surface area contributed by atoms with Crippen LogP contribution in [0.2, 0.25) is 0 Å². The van der Waals surface area contributed by atoms with Crippen LogP contribution in [-0.2, 0) is 0 Å². The minimum Gasteiger partial charge on any atom is -0.357 e. The highest BCUT2D eigenvalue weighted by atomic mass is 16.2. The van der Waals surface area contributed by atoms with E-state index in [1.54, 1.807) is 6.20 Å². The minimum absolute atomic E-state index is 0.121. The Hall–Kier alpha value is -1.29. The number of nitrogens with one attached hydrogen (secondary N) is 1. The molecule has 15 heavy (non-hydrogen) atoms. The average Bonchev–Trinajstić information content (AvgIpc) is 2.67. The van der Waals surface area contributed by atoms with Crippen LogP contribution in [-0.4, -0.2) is 53.9 Å². The predicted molar refractivity (Wildman–Crippen MR) is 58.8 cm³/mol. The maximum atomic E-state index is 12.0. The topological polar surface area (TPSA) is 39.3 Å². The lowest BCUT2D eigenvalue weighted by atomic mass is 10.3. The summed E-state index contributed by atoms with van der Waals surface area (Å²) in [6.07, 6.45) is 2.85. The van der Waals surface area contributed by atoms with E-state index in [0.717, 1.165) is 32.6 Å². The molecule has 0 spiro atoms. The van der Waals surface area contributed by atoms with E-state index in [9.17, 15) is 4.79 Å². The molecule has 1 N–H and O–H groups in total. The van der Waals surface area contributed by atoms with Crippen LogP contribution in [0.5, 0.6) is 0 Å². The van der Waals surface area contributed by atoms with Gasteiger partial charge in [-0.3, -0.25) is 4.79 Å². The second-order valence-corrected chi connectivity index (χ2v) is 4.03. The number of carbonyl (C=O) groups excluding carboxylic acids is 1. The van der Waals surface area contributed by atoms with Gasteiger partial charge in [-0.25, -0.2) is 0 Å². The summed E-state index contributed by atoms with van der Waals surface area (Å²) in [6.45, 7) is 3.73. The van der Waals surface area contributed by atoms with E-state index in [0.29, 0.717) is 5.69 Å². The number of amides is 1. The molecule has 1 saturated heterocycles. The molecule has 0 aliphatic carbocycles. The zero-order valence-corrected chi connectivity index (χ0v) is 9.07. The maximum Gasteiger partial charge on any atom is 0.270 e. The van der Waals surface area contributed by atoms with Crippen LogP contribution in [0, 0.1) is 0 Å². The van der Waals surface area contributed by atoms with Crippen LogP contribution in [0.15, 0.2) is 18.3 Å². The van der Waals surface area contributed by atoms with Crippen molar-refractivity contribution in [3.8, 4) is 0 Å². The summed E-state index contributed by atoms with van der Waals surface area (Å²) in [7, 11) is 2.10. The quantitative estimate of drug-likeness (QED) is 0.739. The van der Waals surface area contributed by atoms with Crippen molar-refractivity contribution < 1.29 is 4.79 Å². The number of aromatic nitrogens is 1. The van der Waals surface area contributed by atoms with Crippen molar-refractivity contribution in [1.82, 2.24) is 14.8 Å². The number of H-pyrrole nitrogens is 1. The number of carbonyl (C=O) groups is 1. The molecule has 82 valence electrons. The Morgan fingerprint density at radius 2 is 2.20 bits per heavy atom. The lowest BCUT2D eigenvalue weighted by Crippen LogP contribution is -2.34. The van der Waals surface area contributed by atoms with Crippen LogP contribution in [0.1, 0.15) is 16.9 Å². The van der Waals surface area contributed by atoms with E-state index in [4.69, 9.17) is 0 Å². The Labute approximate surface area is 89.9 Å². The molecule has 0 saturated carbocycles. The van der Waals surface area contributed by atoms with Crippen LogP contribution >= 0.6 is 0 Å². The van der Waals surface area contributed by atoms with Gasteiger partial charge in [0.25, 0.3) is 5.91 Å². The van der Waals surface area contributed by atoms with E-state index < -0.39 is 0 Å². The molecule has 1 aliphatic rings. The lowest BCUT2D eigenvalue weighted by Gasteiger charge is -2.19. The third-order valence-electron chi connectivity index (χ3n) is 2.84. The van der Waals surface area contributed by atoms with Crippen LogP contribution < -0.4 is 0 Å². The Bertz CT molecular complexity index is 321. The second-order valence-electron chi connectivity index (χ2n) is 4.03. The highest BCUT2D eigenvalue weighted by molar-refractivity contribution is 5.92. The number of likely N-dealkylation sites (N-methyl/N-ethyl adjacent to an activating group) is 1. The molecule has 0 atom stereocenters. The van der Waals surface area contributed by atoms with Crippen molar-refractivity contribution in [2.75, 3.05) is 33.2 Å². The predicted octanol–water partition coefficient (Wildman–Crippen LogP) is 0.792. The molecular weight excluding hydrogens is 190 g/mol. The van der Waals surface area contributed by atoms with Crippen molar-refractivity contribution >= 4 is 5.91 Å². The molecule has 0 unspecified atom stereocenters. The minimum atomic E-state index is 0.121. The summed E-state index contributed by atoms with van der Waals surface area (Å²) >= 11 is 0. The summed E-state index contributed by atoms with van der Waals surface area (Å²) in [5.74, 6) is 0.121. The molecule has 2 heterocycles. The van der Waals surface area contributed by atoms with Gasteiger partial charge in [-0.05, 0) is 32.1 Å². The molecule has 1 amide bonds. The van der Waals surface area contributed by atoms with Crippen LogP contribution in [0.25, 0.3) is 0 Å². The first kappa shape index (κ1) is 10.2. The van der Waals surface area contributed by atoms with Gasteiger partial charge in [0.05, 0.1) is 0 Å². The normalized spacial score (nSPS) is 18.9. The van der Waals surface area contributed by atoms with Gasteiger partial charge in [0.1, 0.15) is 5.69 Å². The van der Waals surface area contributed by atoms with Gasteiger partial charge in [0.15, 0.2) is 0 Å². The van der Waals surface area contributed by atoms with E-state index in [2.05, 4.69) is 16.9 Å². The van der Waals surface area contributed by atoms with E-state index in [-0.39, 0.29) is 5.91 Å². The van der Waals surface area contributed by atoms with Gasteiger partial charge >= 0.3 is 0 Å². The van der Waals surface area contributed by atoms with Crippen molar-refractivity contribution in [2.45, 2.75) is 6.42 Å². The number of rotatable bonds is 1. The third kappa shape index (κ3) is 2.39. The fraction of sp³-hybridized carbons (Fsp3) is 0.545. The molecule has 1 aromatic heterocycles. The lowest BCUT2D eigenvalue weighted by molar-refractivity contribution is 0.0757. The Kier molecular flexibility index (Phi) is 3.06. The largest absolute Gasteiger partial charge is 0.357 e. The Morgan fingerprint density at radius 1 is 1.33 bits per heavy atom. The first-order valence-corrected chi connectivity index (χ1v) is 5.38. The summed E-state index contributed by atoms with van der Waals surface area (Å²) in [5.41, 5.74) is 0.694. The van der Waals surface area contributed by atoms with Gasteiger partial charge < -0.3 is 14.8 Å². The highest BCUT2D eigenvalue weighted by Gasteiger charge is 2.18. The monoisotopic (exact) mass is 207 g/mol. The molecule has 4 heteroatoms. The second kappa shape index (κ2) is 4.49. The zero-order valence-electron chi connectivity index (χ0n) is 9.07. The standard InChI is InChI=1S/C11H17N3O/c1-13-6-3-7-14(9-8-13)11(15)10-4-2-5-12-10/h2,4-5,12H,3,6-9H2,1H3. The van der Waals surface area contributed by atoms with Gasteiger partial charge in [-0.15, -0.1) is 0 Å².